The summed E-state index contributed by atoms with van der Waals surface area (Å²) in [4.78, 5) is 23.5. The van der Waals surface area contributed by atoms with Gasteiger partial charge in [0.05, 0.1) is 11.7 Å². The van der Waals surface area contributed by atoms with Gasteiger partial charge in [-0.3, -0.25) is 4.79 Å². The minimum atomic E-state index is -0.348. The number of halogens is 1. The second-order valence-electron chi connectivity index (χ2n) is 7.23. The van der Waals surface area contributed by atoms with E-state index in [1.807, 2.05) is 30.3 Å². The molecule has 1 amide bonds. The lowest BCUT2D eigenvalue weighted by Gasteiger charge is -2.36. The Morgan fingerprint density at radius 3 is 2.67 bits per heavy atom. The molecule has 1 aliphatic heterocycles. The van der Waals surface area contributed by atoms with Gasteiger partial charge in [0.2, 0.25) is 5.95 Å². The predicted octanol–water partition coefficient (Wildman–Crippen LogP) is 4.00. The van der Waals surface area contributed by atoms with E-state index in [2.05, 4.69) is 9.97 Å². The van der Waals surface area contributed by atoms with E-state index in [1.165, 1.54) is 24.3 Å². The Labute approximate surface area is 174 Å². The van der Waals surface area contributed by atoms with Crippen molar-refractivity contribution in [3.05, 3.63) is 72.3 Å². The molecule has 0 saturated carbocycles. The molecule has 1 unspecified atom stereocenters. The van der Waals surface area contributed by atoms with Crippen LogP contribution in [-0.2, 0) is 4.79 Å². The minimum absolute atomic E-state index is 0.122. The first-order valence-corrected chi connectivity index (χ1v) is 9.97. The SMILES string of the molecule is Nc1ncc(-c2ccccc2)c(C2CCCCN2C(=O)COc2ccc(F)cc2)n1. The number of carbonyl (C=O) groups is 1. The largest absolute Gasteiger partial charge is 0.484 e. The van der Waals surface area contributed by atoms with E-state index in [1.54, 1.807) is 11.1 Å². The van der Waals surface area contributed by atoms with Gasteiger partial charge in [-0.1, -0.05) is 30.3 Å². The van der Waals surface area contributed by atoms with Crippen molar-refractivity contribution in [1.29, 1.82) is 0 Å². The monoisotopic (exact) mass is 406 g/mol. The number of nitrogens with zero attached hydrogens (tertiary/aromatic N) is 3. The van der Waals surface area contributed by atoms with Crippen molar-refractivity contribution in [1.82, 2.24) is 14.9 Å². The number of piperidine rings is 1. The van der Waals surface area contributed by atoms with Crippen LogP contribution in [0.1, 0.15) is 31.0 Å². The maximum atomic E-state index is 13.1. The van der Waals surface area contributed by atoms with Gasteiger partial charge in [0.25, 0.3) is 5.91 Å². The van der Waals surface area contributed by atoms with Crippen molar-refractivity contribution < 1.29 is 13.9 Å². The van der Waals surface area contributed by atoms with Crippen LogP contribution in [0, 0.1) is 5.82 Å². The molecule has 30 heavy (non-hydrogen) atoms. The second kappa shape index (κ2) is 8.90. The van der Waals surface area contributed by atoms with Gasteiger partial charge in [-0.05, 0) is 49.1 Å². The molecule has 2 aromatic carbocycles. The summed E-state index contributed by atoms with van der Waals surface area (Å²) >= 11 is 0. The molecule has 0 radical (unpaired) electrons. The number of benzene rings is 2. The highest BCUT2D eigenvalue weighted by Gasteiger charge is 2.31. The van der Waals surface area contributed by atoms with E-state index in [0.29, 0.717) is 12.3 Å². The molecule has 0 bridgehead atoms. The van der Waals surface area contributed by atoms with E-state index < -0.39 is 0 Å². The molecule has 154 valence electrons. The van der Waals surface area contributed by atoms with Crippen LogP contribution in [0.4, 0.5) is 10.3 Å². The lowest BCUT2D eigenvalue weighted by molar-refractivity contribution is -0.137. The number of rotatable bonds is 5. The number of amides is 1. The zero-order valence-corrected chi connectivity index (χ0v) is 16.5. The molecule has 2 heterocycles. The highest BCUT2D eigenvalue weighted by atomic mass is 19.1. The molecule has 1 saturated heterocycles. The Morgan fingerprint density at radius 2 is 1.90 bits per heavy atom. The summed E-state index contributed by atoms with van der Waals surface area (Å²) < 4.78 is 18.7. The quantitative estimate of drug-likeness (QED) is 0.693. The van der Waals surface area contributed by atoms with Crippen LogP contribution in [0.25, 0.3) is 11.1 Å². The van der Waals surface area contributed by atoms with Gasteiger partial charge in [0.1, 0.15) is 11.6 Å². The zero-order valence-electron chi connectivity index (χ0n) is 16.5. The van der Waals surface area contributed by atoms with Gasteiger partial charge in [0, 0.05) is 18.3 Å². The summed E-state index contributed by atoms with van der Waals surface area (Å²) in [7, 11) is 0. The van der Waals surface area contributed by atoms with E-state index in [-0.39, 0.29) is 30.3 Å². The molecule has 0 spiro atoms. The molecule has 7 heteroatoms. The smallest absolute Gasteiger partial charge is 0.261 e. The summed E-state index contributed by atoms with van der Waals surface area (Å²) in [5.74, 6) is 0.152. The van der Waals surface area contributed by atoms with Crippen molar-refractivity contribution in [2.45, 2.75) is 25.3 Å². The van der Waals surface area contributed by atoms with Crippen molar-refractivity contribution >= 4 is 11.9 Å². The summed E-state index contributed by atoms with van der Waals surface area (Å²) in [6.45, 7) is 0.498. The normalized spacial score (nSPS) is 16.3. The number of nitrogen functional groups attached to an aromatic ring is 1. The molecule has 3 aromatic rings. The molecule has 1 aromatic heterocycles. The first kappa shape index (κ1) is 19.8. The summed E-state index contributed by atoms with van der Waals surface area (Å²) in [5.41, 5.74) is 8.50. The average molecular weight is 406 g/mol. The first-order chi connectivity index (χ1) is 14.6. The van der Waals surface area contributed by atoms with Gasteiger partial charge in [-0.15, -0.1) is 0 Å². The van der Waals surface area contributed by atoms with Crippen LogP contribution in [0.15, 0.2) is 60.8 Å². The van der Waals surface area contributed by atoms with Crippen LogP contribution in [0.3, 0.4) is 0 Å². The number of aromatic nitrogens is 2. The van der Waals surface area contributed by atoms with Crippen molar-refractivity contribution in [2.75, 3.05) is 18.9 Å². The molecule has 1 aliphatic rings. The summed E-state index contributed by atoms with van der Waals surface area (Å²) in [6, 6.07) is 15.3. The van der Waals surface area contributed by atoms with E-state index in [0.717, 1.165) is 36.1 Å². The number of anilines is 1. The third-order valence-corrected chi connectivity index (χ3v) is 5.24. The van der Waals surface area contributed by atoms with Gasteiger partial charge >= 0.3 is 0 Å². The highest BCUT2D eigenvalue weighted by Crippen LogP contribution is 2.36. The minimum Gasteiger partial charge on any atom is -0.484 e. The lowest BCUT2D eigenvalue weighted by Crippen LogP contribution is -2.41. The molecule has 0 aliphatic carbocycles. The van der Waals surface area contributed by atoms with Crippen LogP contribution in [0.5, 0.6) is 5.75 Å². The second-order valence-corrected chi connectivity index (χ2v) is 7.23. The topological polar surface area (TPSA) is 81.3 Å². The Hall–Kier alpha value is -3.48. The maximum Gasteiger partial charge on any atom is 0.261 e. The van der Waals surface area contributed by atoms with Crippen LogP contribution >= 0.6 is 0 Å². The van der Waals surface area contributed by atoms with E-state index in [4.69, 9.17) is 10.5 Å². The van der Waals surface area contributed by atoms with Crippen LogP contribution in [-0.4, -0.2) is 33.9 Å². The third kappa shape index (κ3) is 4.40. The molecule has 2 N–H and O–H groups in total. The number of nitrogens with two attached hydrogens (primary N) is 1. The Kier molecular flexibility index (Phi) is 5.88. The number of likely N-dealkylation sites (tertiary alicyclic amines) is 1. The molecule has 1 fully saturated rings. The highest BCUT2D eigenvalue weighted by molar-refractivity contribution is 5.79. The third-order valence-electron chi connectivity index (χ3n) is 5.24. The molecule has 6 nitrogen and oxygen atoms in total. The fourth-order valence-corrected chi connectivity index (χ4v) is 3.78. The average Bonchev–Trinajstić information content (AvgIpc) is 2.79. The van der Waals surface area contributed by atoms with Gasteiger partial charge in [0.15, 0.2) is 6.61 Å². The van der Waals surface area contributed by atoms with Gasteiger partial charge in [-0.25, -0.2) is 14.4 Å². The number of hydrogen-bond acceptors (Lipinski definition) is 5. The number of carbonyl (C=O) groups excluding carboxylic acids is 1. The zero-order chi connectivity index (χ0) is 20.9. The molecule has 1 atom stereocenters. The van der Waals surface area contributed by atoms with Crippen LogP contribution < -0.4 is 10.5 Å². The standard InChI is InChI=1S/C23H23FN4O2/c24-17-9-11-18(12-10-17)30-15-21(29)28-13-5-4-8-20(28)22-19(14-26-23(25)27-22)16-6-2-1-3-7-16/h1-3,6-7,9-12,14,20H,4-5,8,13,15H2,(H2,25,26,27). The maximum absolute atomic E-state index is 13.1. The summed E-state index contributed by atoms with van der Waals surface area (Å²) in [5, 5.41) is 0. The lowest BCUT2D eigenvalue weighted by atomic mass is 9.94. The summed E-state index contributed by atoms with van der Waals surface area (Å²) in [6.07, 6.45) is 4.42. The van der Waals surface area contributed by atoms with Crippen molar-refractivity contribution in [3.8, 4) is 16.9 Å². The number of hydrogen-bond donors (Lipinski definition) is 1. The van der Waals surface area contributed by atoms with E-state index >= 15 is 0 Å². The van der Waals surface area contributed by atoms with Crippen molar-refractivity contribution in [3.63, 3.8) is 0 Å². The van der Waals surface area contributed by atoms with Gasteiger partial charge in [-0.2, -0.15) is 0 Å². The Morgan fingerprint density at radius 1 is 1.13 bits per heavy atom. The fraction of sp³-hybridized carbons (Fsp3) is 0.261. The van der Waals surface area contributed by atoms with Crippen molar-refractivity contribution in [2.24, 2.45) is 0 Å². The Balaban J connectivity index is 1.58. The number of ether oxygens (including phenoxy) is 1. The molecular formula is C23H23FN4O2. The molecule has 4 rings (SSSR count). The van der Waals surface area contributed by atoms with E-state index in [9.17, 15) is 9.18 Å². The first-order valence-electron chi connectivity index (χ1n) is 9.97. The predicted molar refractivity (Wildman–Crippen MR) is 112 cm³/mol. The van der Waals surface area contributed by atoms with Crippen LogP contribution in [0.2, 0.25) is 0 Å². The fourth-order valence-electron chi connectivity index (χ4n) is 3.78. The Bertz CT molecular complexity index is 1010. The molecular weight excluding hydrogens is 383 g/mol. The van der Waals surface area contributed by atoms with Gasteiger partial charge < -0.3 is 15.4 Å².